The van der Waals surface area contributed by atoms with Gasteiger partial charge in [-0.2, -0.15) is 0 Å². The van der Waals surface area contributed by atoms with Crippen molar-refractivity contribution < 1.29 is 33.0 Å². The summed E-state index contributed by atoms with van der Waals surface area (Å²) in [7, 11) is 0. The summed E-state index contributed by atoms with van der Waals surface area (Å²) >= 11 is 6.19. The first-order chi connectivity index (χ1) is 32.2. The summed E-state index contributed by atoms with van der Waals surface area (Å²) in [5.41, 5.74) is 10.7. The van der Waals surface area contributed by atoms with E-state index >= 15 is 0 Å². The lowest BCUT2D eigenvalue weighted by Gasteiger charge is -2.56. The van der Waals surface area contributed by atoms with Gasteiger partial charge < -0.3 is 39.9 Å². The Morgan fingerprint density at radius 1 is 0.676 bits per heavy atom. The zero-order valence-electron chi connectivity index (χ0n) is 39.1. The van der Waals surface area contributed by atoms with E-state index in [0.29, 0.717) is 42.6 Å². The highest BCUT2D eigenvalue weighted by molar-refractivity contribution is 6.29. The summed E-state index contributed by atoms with van der Waals surface area (Å²) < 4.78 is 25.1. The average Bonchev–Trinajstić information content (AvgIpc) is 4.10. The molecule has 13 rings (SSSR count). The van der Waals surface area contributed by atoms with Crippen LogP contribution in [-0.2, 0) is 46.0 Å². The van der Waals surface area contributed by atoms with Gasteiger partial charge in [-0.05, 0) is 139 Å². The van der Waals surface area contributed by atoms with Crippen molar-refractivity contribution in [2.45, 2.75) is 126 Å². The SMILES string of the molecule is CC(C)(C)OC(=O)N1CC2(C1)c1[nH]c3c(c1C(=O)NC21CC1)CCc1cnc(-c2cccc(F)c2)cc1-3.CC(C)(C)OC(=O)N1CC2(C1)c1[nH]c3c(c1C(=O)NC21CC1)CCc1cnc(Cl)cc1-3. The van der Waals surface area contributed by atoms with Crippen LogP contribution in [0.4, 0.5) is 14.0 Å². The fourth-order valence-electron chi connectivity index (χ4n) is 12.2. The fraction of sp³-hybridized carbons (Fsp3) is 0.462. The number of nitrogens with one attached hydrogen (secondary N) is 4. The lowest BCUT2D eigenvalue weighted by Crippen LogP contribution is -2.73. The van der Waals surface area contributed by atoms with Crippen molar-refractivity contribution in [3.05, 3.63) is 105 Å². The molecule has 68 heavy (non-hydrogen) atoms. The van der Waals surface area contributed by atoms with Crippen molar-refractivity contribution in [2.24, 2.45) is 0 Å². The van der Waals surface area contributed by atoms with E-state index < -0.39 is 11.2 Å². The summed E-state index contributed by atoms with van der Waals surface area (Å²) in [4.78, 5) is 71.8. The van der Waals surface area contributed by atoms with E-state index in [2.05, 4.69) is 30.6 Å². The molecule has 2 saturated carbocycles. The van der Waals surface area contributed by atoms with Crippen LogP contribution in [0.1, 0.15) is 122 Å². The van der Waals surface area contributed by atoms with Gasteiger partial charge in [0.1, 0.15) is 22.2 Å². The molecule has 0 unspecified atom stereocenters. The number of pyridine rings is 2. The van der Waals surface area contributed by atoms with Crippen molar-refractivity contribution in [1.82, 2.24) is 40.4 Å². The van der Waals surface area contributed by atoms with Crippen LogP contribution >= 0.6 is 11.6 Å². The maximum absolute atomic E-state index is 13.9. The molecule has 4 spiro atoms. The standard InChI is InChI=1S/C29H29FN4O3.C23H25ClN4O3/c1-27(2,3)37-26(36)34-14-28(15-34)24-22(25(35)33-29(28)9-10-29)19-8-7-17-13-31-21(12-20(17)23(19)32-24)16-5-4-6-18(30)11-16;1-21(2,3)31-20(30)28-10-22(11-28)18-16(19(29)27-23(22)6-7-23)13-5-4-12-9-25-15(24)8-14(12)17(13)26-18/h4-6,11-13,32H,7-10,14-15H2,1-3H3,(H,33,35);8-9,26H,4-7,10-11H2,1-3H3,(H,27,29). The quantitative estimate of drug-likeness (QED) is 0.121. The Balaban J connectivity index is 0.000000143. The van der Waals surface area contributed by atoms with E-state index in [1.54, 1.807) is 15.9 Å². The van der Waals surface area contributed by atoms with Crippen LogP contribution in [0.25, 0.3) is 33.8 Å². The number of halogens is 2. The summed E-state index contributed by atoms with van der Waals surface area (Å²) in [5, 5.41) is 7.10. The number of hydrogen-bond donors (Lipinski definition) is 4. The molecule has 1 aromatic carbocycles. The predicted octanol–water partition coefficient (Wildman–Crippen LogP) is 8.34. The van der Waals surface area contributed by atoms with Crippen LogP contribution in [-0.4, -0.2) is 102 Å². The van der Waals surface area contributed by atoms with Gasteiger partial charge in [0.2, 0.25) is 0 Å². The molecule has 16 heteroatoms. The zero-order chi connectivity index (χ0) is 47.5. The summed E-state index contributed by atoms with van der Waals surface area (Å²) in [6.45, 7) is 13.3. The molecule has 14 nitrogen and oxygen atoms in total. The first-order valence-electron chi connectivity index (χ1n) is 23.7. The molecule has 4 N–H and O–H groups in total. The number of aryl methyl sites for hydroxylation is 2. The normalized spacial score (nSPS) is 20.8. The Kier molecular flexibility index (Phi) is 8.98. The molecule has 8 heterocycles. The van der Waals surface area contributed by atoms with Gasteiger partial charge in [-0.1, -0.05) is 23.7 Å². The average molecular weight is 942 g/mol. The van der Waals surface area contributed by atoms with Gasteiger partial charge in [-0.15, -0.1) is 0 Å². The molecule has 5 aromatic rings. The van der Waals surface area contributed by atoms with Crippen molar-refractivity contribution in [2.75, 3.05) is 26.2 Å². The maximum atomic E-state index is 13.9. The summed E-state index contributed by atoms with van der Waals surface area (Å²) in [6, 6.07) is 10.3. The predicted molar refractivity (Wildman–Crippen MR) is 251 cm³/mol. The molecule has 352 valence electrons. The second kappa shape index (κ2) is 14.2. The molecule has 8 aliphatic rings. The van der Waals surface area contributed by atoms with Crippen LogP contribution in [0.5, 0.6) is 0 Å². The Labute approximate surface area is 398 Å². The van der Waals surface area contributed by atoms with E-state index in [9.17, 15) is 23.6 Å². The minimum absolute atomic E-state index is 0.00468. The lowest BCUT2D eigenvalue weighted by atomic mass is 9.65. The maximum Gasteiger partial charge on any atom is 0.410 e. The van der Waals surface area contributed by atoms with Gasteiger partial charge in [-0.3, -0.25) is 14.6 Å². The van der Waals surface area contributed by atoms with Gasteiger partial charge in [0, 0.05) is 66.7 Å². The number of likely N-dealkylation sites (tertiary alicyclic amines) is 2. The number of rotatable bonds is 1. The number of carbonyl (C=O) groups is 4. The molecule has 0 radical (unpaired) electrons. The second-order valence-electron chi connectivity index (χ2n) is 22.3. The first kappa shape index (κ1) is 43.1. The van der Waals surface area contributed by atoms with E-state index in [4.69, 9.17) is 21.1 Å². The Morgan fingerprint density at radius 3 is 1.60 bits per heavy atom. The van der Waals surface area contributed by atoms with Crippen molar-refractivity contribution in [1.29, 1.82) is 0 Å². The minimum atomic E-state index is -0.564. The number of aromatic nitrogens is 4. The number of aromatic amines is 2. The highest BCUT2D eigenvalue weighted by Crippen LogP contribution is 2.61. The monoisotopic (exact) mass is 940 g/mol. The summed E-state index contributed by atoms with van der Waals surface area (Å²) in [5.74, 6) is -0.343. The second-order valence-corrected chi connectivity index (χ2v) is 22.7. The van der Waals surface area contributed by atoms with Gasteiger partial charge in [0.25, 0.3) is 11.8 Å². The number of carbonyl (C=O) groups excluding carboxylic acids is 4. The van der Waals surface area contributed by atoms with E-state index in [1.807, 2.05) is 72.1 Å². The number of hydrogen-bond acceptors (Lipinski definition) is 8. The van der Waals surface area contributed by atoms with Crippen LogP contribution < -0.4 is 10.6 Å². The fourth-order valence-corrected chi connectivity index (χ4v) is 12.3. The number of nitrogens with zero attached hydrogens (tertiary/aromatic N) is 4. The molecule has 4 aliphatic heterocycles. The largest absolute Gasteiger partial charge is 0.444 e. The molecule has 4 aromatic heterocycles. The molecule has 4 fully saturated rings. The van der Waals surface area contributed by atoms with Crippen molar-refractivity contribution in [3.8, 4) is 33.8 Å². The third-order valence-electron chi connectivity index (χ3n) is 15.7. The van der Waals surface area contributed by atoms with Gasteiger partial charge in [0.15, 0.2) is 0 Å². The Hall–Kier alpha value is -6.22. The molecular formula is C52H54ClFN8O6. The van der Waals surface area contributed by atoms with Gasteiger partial charge in [0.05, 0.1) is 50.1 Å². The third kappa shape index (κ3) is 6.39. The van der Waals surface area contributed by atoms with E-state index in [1.165, 1.54) is 12.1 Å². The molecule has 4 amide bonds. The van der Waals surface area contributed by atoms with Crippen molar-refractivity contribution >= 4 is 35.6 Å². The zero-order valence-corrected chi connectivity index (χ0v) is 39.9. The van der Waals surface area contributed by atoms with Crippen LogP contribution in [0, 0.1) is 5.82 Å². The molecular weight excluding hydrogens is 887 g/mol. The highest BCUT2D eigenvalue weighted by Gasteiger charge is 2.72. The lowest BCUT2D eigenvalue weighted by molar-refractivity contribution is -0.0249. The minimum Gasteiger partial charge on any atom is -0.444 e. The number of amides is 4. The molecule has 2 saturated heterocycles. The van der Waals surface area contributed by atoms with Gasteiger partial charge in [-0.25, -0.2) is 19.0 Å². The third-order valence-corrected chi connectivity index (χ3v) is 15.9. The van der Waals surface area contributed by atoms with Crippen LogP contribution in [0.3, 0.4) is 0 Å². The summed E-state index contributed by atoms with van der Waals surface area (Å²) in [6.07, 6.45) is 9.84. The molecule has 4 aliphatic carbocycles. The van der Waals surface area contributed by atoms with Crippen LogP contribution in [0.2, 0.25) is 5.15 Å². The number of fused-ring (bicyclic) bond motifs is 14. The molecule has 0 atom stereocenters. The van der Waals surface area contributed by atoms with Crippen LogP contribution in [0.15, 0.2) is 48.8 Å². The molecule has 0 bridgehead atoms. The smallest absolute Gasteiger partial charge is 0.410 e. The van der Waals surface area contributed by atoms with E-state index in [-0.39, 0.29) is 51.7 Å². The Bertz CT molecular complexity index is 3050. The van der Waals surface area contributed by atoms with E-state index in [0.717, 1.165) is 119 Å². The number of H-pyrrole nitrogens is 2. The topological polar surface area (TPSA) is 175 Å². The van der Waals surface area contributed by atoms with Crippen molar-refractivity contribution in [3.63, 3.8) is 0 Å². The Morgan fingerprint density at radius 2 is 1.15 bits per heavy atom. The number of benzene rings is 1. The number of ether oxygens (including phenoxy) is 2. The van der Waals surface area contributed by atoms with Gasteiger partial charge >= 0.3 is 12.2 Å². The highest BCUT2D eigenvalue weighted by atomic mass is 35.5. The first-order valence-corrected chi connectivity index (χ1v) is 24.1.